The topological polar surface area (TPSA) is 82.1 Å². The fraction of sp³-hybridized carbons (Fsp3) is 0.933. The van der Waals surface area contributed by atoms with Crippen LogP contribution in [0.1, 0.15) is 53.4 Å². The van der Waals surface area contributed by atoms with Crippen LogP contribution < -0.4 is 0 Å². The van der Waals surface area contributed by atoms with Gasteiger partial charge in [-0.25, -0.2) is 4.79 Å². The first kappa shape index (κ1) is 18.5. The normalized spacial score (nSPS) is 31.1. The Kier molecular flexibility index (Phi) is 5.58. The Morgan fingerprint density at radius 2 is 1.83 bits per heavy atom. The lowest BCUT2D eigenvalue weighted by atomic mass is 9.89. The van der Waals surface area contributed by atoms with Crippen LogP contribution in [-0.2, 0) is 24.0 Å². The molecule has 1 aliphatic carbocycles. The molecule has 1 amide bonds. The molecule has 0 N–H and O–H groups in total. The van der Waals surface area contributed by atoms with Gasteiger partial charge in [-0.15, -0.1) is 0 Å². The van der Waals surface area contributed by atoms with Gasteiger partial charge in [-0.3, -0.25) is 4.18 Å². The second-order valence-electron chi connectivity index (χ2n) is 7.39. The van der Waals surface area contributed by atoms with Gasteiger partial charge >= 0.3 is 16.4 Å². The zero-order valence-electron chi connectivity index (χ0n) is 14.3. The number of ether oxygens (including phenoxy) is 2. The van der Waals surface area contributed by atoms with Crippen LogP contribution in [-0.4, -0.2) is 49.8 Å². The number of hydrogen-bond donors (Lipinski definition) is 0. The Balaban J connectivity index is 1.95. The number of hydrogen-bond acceptors (Lipinski definition) is 6. The van der Waals surface area contributed by atoms with E-state index in [-0.39, 0.29) is 19.3 Å². The minimum Gasteiger partial charge on any atom is -0.443 e. The Morgan fingerprint density at radius 1 is 1.22 bits per heavy atom. The van der Waals surface area contributed by atoms with Gasteiger partial charge in [0.2, 0.25) is 0 Å². The van der Waals surface area contributed by atoms with Crippen molar-refractivity contribution in [1.29, 1.82) is 0 Å². The zero-order chi connectivity index (χ0) is 17.3. The van der Waals surface area contributed by atoms with Crippen molar-refractivity contribution in [3.05, 3.63) is 0 Å². The molecule has 0 radical (unpaired) electrons. The van der Waals surface area contributed by atoms with Crippen LogP contribution in [0.5, 0.6) is 0 Å². The maximum Gasteiger partial charge on any atom is 0.426 e. The molecular weight excluding hydrogens is 322 g/mol. The van der Waals surface area contributed by atoms with E-state index in [0.717, 1.165) is 25.7 Å². The van der Waals surface area contributed by atoms with E-state index in [9.17, 15) is 13.2 Å². The molecule has 1 heterocycles. The smallest absolute Gasteiger partial charge is 0.426 e. The van der Waals surface area contributed by atoms with E-state index < -0.39 is 28.0 Å². The highest BCUT2D eigenvalue weighted by Gasteiger charge is 2.45. The zero-order valence-corrected chi connectivity index (χ0v) is 15.1. The van der Waals surface area contributed by atoms with Crippen LogP contribution >= 0.6 is 0 Å². The first-order chi connectivity index (χ1) is 10.6. The molecule has 7 nitrogen and oxygen atoms in total. The van der Waals surface area contributed by atoms with Gasteiger partial charge in [0, 0.05) is 0 Å². The van der Waals surface area contributed by atoms with Gasteiger partial charge in [0.25, 0.3) is 0 Å². The maximum atomic E-state index is 12.2. The van der Waals surface area contributed by atoms with Crippen LogP contribution in [0.25, 0.3) is 0 Å². The van der Waals surface area contributed by atoms with Crippen molar-refractivity contribution in [2.24, 2.45) is 5.92 Å². The van der Waals surface area contributed by atoms with E-state index in [1.54, 1.807) is 20.8 Å². The summed E-state index contributed by atoms with van der Waals surface area (Å²) in [5.74, 6) is 0.711. The molecule has 0 aromatic heterocycles. The predicted octanol–water partition coefficient (Wildman–Crippen LogP) is 2.46. The van der Waals surface area contributed by atoms with Crippen molar-refractivity contribution in [2.75, 3.05) is 13.2 Å². The van der Waals surface area contributed by atoms with Crippen LogP contribution in [0.3, 0.4) is 0 Å². The molecule has 1 saturated heterocycles. The van der Waals surface area contributed by atoms with E-state index in [1.807, 2.05) is 0 Å². The van der Waals surface area contributed by atoms with Crippen molar-refractivity contribution < 1.29 is 26.9 Å². The number of rotatable bonds is 3. The third-order valence-corrected chi connectivity index (χ3v) is 5.41. The molecule has 134 valence electrons. The van der Waals surface area contributed by atoms with Gasteiger partial charge in [-0.2, -0.15) is 12.7 Å². The quantitative estimate of drug-likeness (QED) is 0.778. The minimum absolute atomic E-state index is 0.0926. The van der Waals surface area contributed by atoms with Gasteiger partial charge in [-0.05, 0) is 52.4 Å². The lowest BCUT2D eigenvalue weighted by Crippen LogP contribution is -2.45. The van der Waals surface area contributed by atoms with Crippen LogP contribution in [0, 0.1) is 5.92 Å². The maximum absolute atomic E-state index is 12.2. The molecule has 1 saturated carbocycles. The summed E-state index contributed by atoms with van der Waals surface area (Å²) in [6, 6.07) is -0.672. The van der Waals surface area contributed by atoms with Crippen LogP contribution in [0.2, 0.25) is 0 Å². The van der Waals surface area contributed by atoms with Crippen LogP contribution in [0.4, 0.5) is 4.79 Å². The second-order valence-corrected chi connectivity index (χ2v) is 8.87. The van der Waals surface area contributed by atoms with Gasteiger partial charge in [-0.1, -0.05) is 6.92 Å². The second kappa shape index (κ2) is 6.94. The molecule has 8 heteroatoms. The first-order valence-electron chi connectivity index (χ1n) is 8.12. The molecule has 23 heavy (non-hydrogen) atoms. The number of nitrogens with zero attached hydrogens (tertiary/aromatic N) is 1. The molecule has 2 fully saturated rings. The molecular formula is C15H27NO6S. The summed E-state index contributed by atoms with van der Waals surface area (Å²) in [5, 5.41) is 0. The number of amides is 1. The molecule has 0 aromatic rings. The monoisotopic (exact) mass is 349 g/mol. The predicted molar refractivity (Wildman–Crippen MR) is 84.1 cm³/mol. The van der Waals surface area contributed by atoms with Crippen molar-refractivity contribution in [2.45, 2.75) is 71.1 Å². The Morgan fingerprint density at radius 3 is 2.39 bits per heavy atom. The summed E-state index contributed by atoms with van der Waals surface area (Å²) in [5.41, 5.74) is -0.778. The minimum atomic E-state index is -4.09. The molecule has 2 aliphatic rings. The van der Waals surface area contributed by atoms with Crippen molar-refractivity contribution in [1.82, 2.24) is 4.31 Å². The largest absolute Gasteiger partial charge is 0.443 e. The summed E-state index contributed by atoms with van der Waals surface area (Å²) >= 11 is 0. The van der Waals surface area contributed by atoms with E-state index in [1.165, 1.54) is 0 Å². The van der Waals surface area contributed by atoms with Crippen molar-refractivity contribution in [3.8, 4) is 0 Å². The van der Waals surface area contributed by atoms with Gasteiger partial charge in [0.1, 0.15) is 11.6 Å². The van der Waals surface area contributed by atoms with E-state index in [0.29, 0.717) is 10.2 Å². The first-order valence-corrected chi connectivity index (χ1v) is 9.48. The fourth-order valence-corrected chi connectivity index (χ4v) is 3.93. The summed E-state index contributed by atoms with van der Waals surface area (Å²) in [7, 11) is -4.09. The highest BCUT2D eigenvalue weighted by atomic mass is 32.2. The lowest BCUT2D eigenvalue weighted by Gasteiger charge is -2.29. The summed E-state index contributed by atoms with van der Waals surface area (Å²) in [6.45, 7) is 7.31. The average Bonchev–Trinajstić information content (AvgIpc) is 2.71. The van der Waals surface area contributed by atoms with Crippen molar-refractivity contribution >= 4 is 16.4 Å². The highest BCUT2D eigenvalue weighted by molar-refractivity contribution is 7.85. The summed E-state index contributed by atoms with van der Waals surface area (Å²) in [6.07, 6.45) is 3.36. The average molecular weight is 349 g/mol. The Hall–Kier alpha value is -0.860. The van der Waals surface area contributed by atoms with Gasteiger partial charge in [0.05, 0.1) is 19.3 Å². The van der Waals surface area contributed by atoms with E-state index >= 15 is 0 Å². The third-order valence-electron chi connectivity index (χ3n) is 4.04. The fourth-order valence-electron chi connectivity index (χ4n) is 2.78. The molecule has 1 aliphatic heterocycles. The summed E-state index contributed by atoms with van der Waals surface area (Å²) in [4.78, 5) is 12.2. The molecule has 2 rings (SSSR count). The van der Waals surface area contributed by atoms with Gasteiger partial charge < -0.3 is 9.47 Å². The molecule has 0 spiro atoms. The number of carbonyl (C=O) groups is 1. The lowest BCUT2D eigenvalue weighted by molar-refractivity contribution is -0.00956. The number of carbonyl (C=O) groups excluding carboxylic acids is 1. The standard InChI is InChI=1S/C15H27NO6S/c1-11-5-7-13(8-6-11)20-9-12-10-21-23(18,19)16(12)14(17)22-15(2,3)4/h11-13H,5-10H2,1-4H3/t11?,12-,13?/m1/s1. The molecule has 0 unspecified atom stereocenters. The van der Waals surface area contributed by atoms with Crippen LogP contribution in [0.15, 0.2) is 0 Å². The van der Waals surface area contributed by atoms with E-state index in [2.05, 4.69) is 6.92 Å². The Bertz CT molecular complexity index is 519. The van der Waals surface area contributed by atoms with Crippen molar-refractivity contribution in [3.63, 3.8) is 0 Å². The highest BCUT2D eigenvalue weighted by Crippen LogP contribution is 2.27. The summed E-state index contributed by atoms with van der Waals surface area (Å²) < 4.78 is 40.3. The van der Waals surface area contributed by atoms with E-state index in [4.69, 9.17) is 13.7 Å². The van der Waals surface area contributed by atoms with Gasteiger partial charge in [0.15, 0.2) is 0 Å². The molecule has 1 atom stereocenters. The molecule has 0 bridgehead atoms. The Labute approximate surface area is 138 Å². The molecule has 0 aromatic carbocycles. The third kappa shape index (κ3) is 5.06. The SMILES string of the molecule is CC1CCC(OC[C@@H]2COS(=O)(=O)N2C(=O)OC(C)(C)C)CC1.